The van der Waals surface area contributed by atoms with Gasteiger partial charge in [-0.05, 0) is 30.5 Å². The van der Waals surface area contributed by atoms with Crippen LogP contribution in [0.3, 0.4) is 0 Å². The highest BCUT2D eigenvalue weighted by atomic mass is 32.1. The normalized spacial score (nSPS) is 10.8. The number of aromatic nitrogens is 1. The molecule has 2 heterocycles. The summed E-state index contributed by atoms with van der Waals surface area (Å²) in [7, 11) is 0. The topological polar surface area (TPSA) is 24.9 Å². The summed E-state index contributed by atoms with van der Waals surface area (Å²) in [5.74, 6) is 1.01. The lowest BCUT2D eigenvalue weighted by molar-refractivity contribution is 1.01. The standard InChI is InChI=1S/C17H18N2S/c1-2-14-12-15-16(20-14)9-11-19-17(15)18-10-8-13-6-4-3-5-7-13/h3-7,9,11-12H,2,8,10H2,1H3,(H,18,19). The fourth-order valence-electron chi connectivity index (χ4n) is 2.30. The van der Waals surface area contributed by atoms with Crippen LogP contribution in [-0.2, 0) is 12.8 Å². The van der Waals surface area contributed by atoms with Crippen LogP contribution in [-0.4, -0.2) is 11.5 Å². The molecular weight excluding hydrogens is 264 g/mol. The Bertz CT molecular complexity index is 689. The van der Waals surface area contributed by atoms with Crippen molar-refractivity contribution in [1.82, 2.24) is 4.98 Å². The molecule has 20 heavy (non-hydrogen) atoms. The number of hydrogen-bond acceptors (Lipinski definition) is 3. The van der Waals surface area contributed by atoms with Gasteiger partial charge in [0.2, 0.25) is 0 Å². The van der Waals surface area contributed by atoms with Gasteiger partial charge in [0.25, 0.3) is 0 Å². The zero-order valence-corrected chi connectivity index (χ0v) is 12.4. The van der Waals surface area contributed by atoms with Crippen LogP contribution < -0.4 is 5.32 Å². The molecule has 2 nitrogen and oxygen atoms in total. The molecule has 0 radical (unpaired) electrons. The first-order valence-corrected chi connectivity index (χ1v) is 7.83. The maximum atomic E-state index is 4.48. The zero-order chi connectivity index (χ0) is 13.8. The van der Waals surface area contributed by atoms with Crippen LogP contribution in [0.15, 0.2) is 48.7 Å². The zero-order valence-electron chi connectivity index (χ0n) is 11.6. The van der Waals surface area contributed by atoms with Crippen molar-refractivity contribution < 1.29 is 0 Å². The average Bonchev–Trinajstić information content (AvgIpc) is 2.92. The molecule has 0 amide bonds. The van der Waals surface area contributed by atoms with Crippen LogP contribution in [0.1, 0.15) is 17.4 Å². The molecule has 0 aliphatic rings. The van der Waals surface area contributed by atoms with Crippen molar-refractivity contribution in [2.75, 3.05) is 11.9 Å². The van der Waals surface area contributed by atoms with Crippen molar-refractivity contribution in [3.8, 4) is 0 Å². The Balaban J connectivity index is 1.72. The van der Waals surface area contributed by atoms with Gasteiger partial charge in [-0.1, -0.05) is 37.3 Å². The molecule has 0 atom stereocenters. The molecule has 0 saturated heterocycles. The molecule has 1 aromatic carbocycles. The molecule has 3 aromatic rings. The maximum Gasteiger partial charge on any atom is 0.134 e. The number of nitrogens with one attached hydrogen (secondary N) is 1. The maximum absolute atomic E-state index is 4.48. The molecular formula is C17H18N2S. The first kappa shape index (κ1) is 13.1. The minimum Gasteiger partial charge on any atom is -0.369 e. The number of thiophene rings is 1. The highest BCUT2D eigenvalue weighted by Crippen LogP contribution is 2.30. The van der Waals surface area contributed by atoms with Crippen molar-refractivity contribution >= 4 is 27.2 Å². The Morgan fingerprint density at radius 3 is 2.80 bits per heavy atom. The third kappa shape index (κ3) is 2.83. The Morgan fingerprint density at radius 2 is 2.00 bits per heavy atom. The third-order valence-corrected chi connectivity index (χ3v) is 4.64. The molecule has 3 rings (SSSR count). The number of fused-ring (bicyclic) bond motifs is 1. The van der Waals surface area contributed by atoms with E-state index in [4.69, 9.17) is 0 Å². The Labute approximate surface area is 123 Å². The lowest BCUT2D eigenvalue weighted by atomic mass is 10.1. The average molecular weight is 282 g/mol. The molecule has 0 spiro atoms. The second kappa shape index (κ2) is 6.06. The van der Waals surface area contributed by atoms with E-state index < -0.39 is 0 Å². The van der Waals surface area contributed by atoms with Crippen molar-refractivity contribution in [3.63, 3.8) is 0 Å². The lowest BCUT2D eigenvalue weighted by Crippen LogP contribution is -2.06. The van der Waals surface area contributed by atoms with Crippen LogP contribution >= 0.6 is 11.3 Å². The molecule has 0 bridgehead atoms. The van der Waals surface area contributed by atoms with Gasteiger partial charge in [-0.3, -0.25) is 0 Å². The molecule has 0 fully saturated rings. The van der Waals surface area contributed by atoms with Gasteiger partial charge in [0.15, 0.2) is 0 Å². The summed E-state index contributed by atoms with van der Waals surface area (Å²) in [4.78, 5) is 5.90. The van der Waals surface area contributed by atoms with E-state index in [-0.39, 0.29) is 0 Å². The molecule has 0 aliphatic carbocycles. The Kier molecular flexibility index (Phi) is 3.97. The van der Waals surface area contributed by atoms with E-state index in [1.165, 1.54) is 20.5 Å². The number of aryl methyl sites for hydroxylation is 1. The van der Waals surface area contributed by atoms with Crippen LogP contribution in [0.4, 0.5) is 5.82 Å². The molecule has 102 valence electrons. The van der Waals surface area contributed by atoms with Gasteiger partial charge >= 0.3 is 0 Å². The number of pyridine rings is 1. The summed E-state index contributed by atoms with van der Waals surface area (Å²) < 4.78 is 1.32. The Morgan fingerprint density at radius 1 is 1.15 bits per heavy atom. The van der Waals surface area contributed by atoms with Gasteiger partial charge < -0.3 is 5.32 Å². The number of benzene rings is 1. The third-order valence-electron chi connectivity index (χ3n) is 3.39. The molecule has 0 aliphatic heterocycles. The first-order chi connectivity index (χ1) is 9.86. The summed E-state index contributed by atoms with van der Waals surface area (Å²) in [6, 6.07) is 14.9. The monoisotopic (exact) mass is 282 g/mol. The van der Waals surface area contributed by atoms with Crippen LogP contribution in [0.25, 0.3) is 10.1 Å². The van der Waals surface area contributed by atoms with E-state index in [0.717, 1.165) is 25.2 Å². The van der Waals surface area contributed by atoms with Gasteiger partial charge in [-0.2, -0.15) is 0 Å². The van der Waals surface area contributed by atoms with Gasteiger partial charge in [0.05, 0.1) is 0 Å². The van der Waals surface area contributed by atoms with Gasteiger partial charge in [0.1, 0.15) is 5.82 Å². The van der Waals surface area contributed by atoms with E-state index in [1.54, 1.807) is 0 Å². The Hall–Kier alpha value is -1.87. The van der Waals surface area contributed by atoms with E-state index in [0.29, 0.717) is 0 Å². The fourth-order valence-corrected chi connectivity index (χ4v) is 3.30. The number of hydrogen-bond donors (Lipinski definition) is 1. The predicted molar refractivity (Wildman–Crippen MR) is 87.6 cm³/mol. The second-order valence-electron chi connectivity index (χ2n) is 4.80. The molecule has 0 unspecified atom stereocenters. The minimum atomic E-state index is 0.910. The largest absolute Gasteiger partial charge is 0.369 e. The second-order valence-corrected chi connectivity index (χ2v) is 5.97. The van der Waals surface area contributed by atoms with Gasteiger partial charge in [-0.25, -0.2) is 4.98 Å². The molecule has 2 aromatic heterocycles. The van der Waals surface area contributed by atoms with E-state index in [2.05, 4.69) is 59.7 Å². The van der Waals surface area contributed by atoms with E-state index in [9.17, 15) is 0 Å². The highest BCUT2D eigenvalue weighted by molar-refractivity contribution is 7.19. The first-order valence-electron chi connectivity index (χ1n) is 7.02. The van der Waals surface area contributed by atoms with Crippen molar-refractivity contribution in [2.24, 2.45) is 0 Å². The molecule has 1 N–H and O–H groups in total. The smallest absolute Gasteiger partial charge is 0.134 e. The number of rotatable bonds is 5. The summed E-state index contributed by atoms with van der Waals surface area (Å²) >= 11 is 1.86. The van der Waals surface area contributed by atoms with Crippen LogP contribution in [0.2, 0.25) is 0 Å². The SMILES string of the molecule is CCc1cc2c(NCCc3ccccc3)nccc2s1. The summed E-state index contributed by atoms with van der Waals surface area (Å²) in [6.45, 7) is 3.11. The van der Waals surface area contributed by atoms with Crippen LogP contribution in [0, 0.1) is 0 Å². The summed E-state index contributed by atoms with van der Waals surface area (Å²) in [5, 5.41) is 4.72. The van der Waals surface area contributed by atoms with E-state index >= 15 is 0 Å². The molecule has 3 heteroatoms. The van der Waals surface area contributed by atoms with Crippen LogP contribution in [0.5, 0.6) is 0 Å². The van der Waals surface area contributed by atoms with Crippen molar-refractivity contribution in [3.05, 3.63) is 59.1 Å². The van der Waals surface area contributed by atoms with Gasteiger partial charge in [-0.15, -0.1) is 11.3 Å². The molecule has 0 saturated carbocycles. The summed E-state index contributed by atoms with van der Waals surface area (Å²) in [5.41, 5.74) is 1.35. The quantitative estimate of drug-likeness (QED) is 0.744. The fraction of sp³-hybridized carbons (Fsp3) is 0.235. The summed E-state index contributed by atoms with van der Waals surface area (Å²) in [6.07, 6.45) is 4.00. The predicted octanol–water partition coefficient (Wildman–Crippen LogP) is 4.51. The highest BCUT2D eigenvalue weighted by Gasteiger charge is 2.06. The minimum absolute atomic E-state index is 0.910. The lowest BCUT2D eigenvalue weighted by Gasteiger charge is -2.06. The van der Waals surface area contributed by atoms with Gasteiger partial charge in [0, 0.05) is 27.7 Å². The van der Waals surface area contributed by atoms with Crippen molar-refractivity contribution in [2.45, 2.75) is 19.8 Å². The number of anilines is 1. The van der Waals surface area contributed by atoms with E-state index in [1.807, 2.05) is 17.5 Å². The van der Waals surface area contributed by atoms with Crippen molar-refractivity contribution in [1.29, 1.82) is 0 Å². The number of nitrogens with zero attached hydrogens (tertiary/aromatic N) is 1.